The summed E-state index contributed by atoms with van der Waals surface area (Å²) in [6, 6.07) is 20.6. The molecule has 7 heteroatoms. The standard InChI is InChI=1S/C26H25N7/c1-32-18-30-25-22(20-8-4-3-5-9-20)15-21(16-23(25)32)33(2)24-11-14-29-26(31-24)28-13-10-19-7-6-12-27-17-19/h3-9,11-12,14-18H,10,13H2,1-2H3,(H,28,29,31). The predicted octanol–water partition coefficient (Wildman–Crippen LogP) is 4.85. The number of nitrogens with one attached hydrogen (secondary N) is 1. The molecule has 0 saturated carbocycles. The van der Waals surface area contributed by atoms with E-state index in [9.17, 15) is 0 Å². The lowest BCUT2D eigenvalue weighted by molar-refractivity contribution is 0.947. The summed E-state index contributed by atoms with van der Waals surface area (Å²) in [7, 11) is 4.04. The maximum atomic E-state index is 4.74. The lowest BCUT2D eigenvalue weighted by Crippen LogP contribution is -2.14. The van der Waals surface area contributed by atoms with Crippen molar-refractivity contribution in [1.29, 1.82) is 0 Å². The SMILES string of the molecule is CN(c1cc(-c2ccccc2)c2ncn(C)c2c1)c1ccnc(NCCc2cccnc2)n1. The zero-order valence-electron chi connectivity index (χ0n) is 18.7. The van der Waals surface area contributed by atoms with Crippen LogP contribution in [0.3, 0.4) is 0 Å². The zero-order valence-corrected chi connectivity index (χ0v) is 18.7. The van der Waals surface area contributed by atoms with E-state index >= 15 is 0 Å². The molecule has 0 saturated heterocycles. The minimum atomic E-state index is 0.605. The van der Waals surface area contributed by atoms with Crippen LogP contribution in [-0.2, 0) is 13.5 Å². The van der Waals surface area contributed by atoms with Crippen molar-refractivity contribution >= 4 is 28.5 Å². The van der Waals surface area contributed by atoms with Crippen LogP contribution in [0, 0.1) is 0 Å². The van der Waals surface area contributed by atoms with Crippen molar-refractivity contribution in [3.8, 4) is 11.1 Å². The summed E-state index contributed by atoms with van der Waals surface area (Å²) in [5.74, 6) is 1.42. The molecule has 0 fully saturated rings. The number of nitrogens with zero attached hydrogens (tertiary/aromatic N) is 6. The molecule has 3 heterocycles. The molecule has 0 unspecified atom stereocenters. The average Bonchev–Trinajstić information content (AvgIpc) is 3.25. The Hall–Kier alpha value is -4.26. The lowest BCUT2D eigenvalue weighted by atomic mass is 10.0. The van der Waals surface area contributed by atoms with E-state index in [1.165, 1.54) is 5.56 Å². The normalized spacial score (nSPS) is 11.0. The van der Waals surface area contributed by atoms with Crippen molar-refractivity contribution in [2.75, 3.05) is 23.8 Å². The summed E-state index contributed by atoms with van der Waals surface area (Å²) >= 11 is 0. The van der Waals surface area contributed by atoms with Gasteiger partial charge in [0, 0.05) is 50.5 Å². The lowest BCUT2D eigenvalue weighted by Gasteiger charge is -2.20. The van der Waals surface area contributed by atoms with Crippen molar-refractivity contribution in [2.45, 2.75) is 6.42 Å². The maximum absolute atomic E-state index is 4.74. The first kappa shape index (κ1) is 20.6. The highest BCUT2D eigenvalue weighted by Gasteiger charge is 2.14. The highest BCUT2D eigenvalue weighted by molar-refractivity contribution is 5.95. The highest BCUT2D eigenvalue weighted by atomic mass is 15.2. The number of anilines is 3. The second-order valence-corrected chi connectivity index (χ2v) is 7.92. The van der Waals surface area contributed by atoms with Gasteiger partial charge in [-0.15, -0.1) is 0 Å². The van der Waals surface area contributed by atoms with Crippen LogP contribution in [0.4, 0.5) is 17.5 Å². The van der Waals surface area contributed by atoms with Crippen molar-refractivity contribution in [2.24, 2.45) is 7.05 Å². The monoisotopic (exact) mass is 435 g/mol. The van der Waals surface area contributed by atoms with Crippen LogP contribution in [-0.4, -0.2) is 38.1 Å². The third-order valence-electron chi connectivity index (χ3n) is 5.69. The fraction of sp³-hybridized carbons (Fsp3) is 0.154. The quantitative estimate of drug-likeness (QED) is 0.394. The van der Waals surface area contributed by atoms with Gasteiger partial charge in [0.15, 0.2) is 0 Å². The molecule has 0 aliphatic carbocycles. The van der Waals surface area contributed by atoms with Crippen LogP contribution in [0.15, 0.2) is 85.6 Å². The van der Waals surface area contributed by atoms with E-state index in [0.29, 0.717) is 5.95 Å². The van der Waals surface area contributed by atoms with Crippen LogP contribution in [0.2, 0.25) is 0 Å². The van der Waals surface area contributed by atoms with E-state index in [4.69, 9.17) is 4.98 Å². The number of rotatable bonds is 7. The Kier molecular flexibility index (Phi) is 5.68. The average molecular weight is 436 g/mol. The van der Waals surface area contributed by atoms with Gasteiger partial charge in [-0.3, -0.25) is 4.98 Å². The van der Waals surface area contributed by atoms with E-state index in [0.717, 1.165) is 46.6 Å². The Labute approximate surface area is 192 Å². The second kappa shape index (κ2) is 9.08. The number of aryl methyl sites for hydroxylation is 1. The van der Waals surface area contributed by atoms with Crippen molar-refractivity contribution in [3.63, 3.8) is 0 Å². The molecule has 164 valence electrons. The van der Waals surface area contributed by atoms with Gasteiger partial charge in [0.05, 0.1) is 17.4 Å². The first-order chi connectivity index (χ1) is 16.2. The number of imidazole rings is 1. The van der Waals surface area contributed by atoms with Gasteiger partial charge in [-0.1, -0.05) is 36.4 Å². The van der Waals surface area contributed by atoms with Gasteiger partial charge < -0.3 is 14.8 Å². The minimum absolute atomic E-state index is 0.605. The molecule has 0 spiro atoms. The molecule has 3 aromatic heterocycles. The highest BCUT2D eigenvalue weighted by Crippen LogP contribution is 2.34. The molecule has 2 aromatic carbocycles. The topological polar surface area (TPSA) is 71.8 Å². The number of pyridine rings is 1. The van der Waals surface area contributed by atoms with Crippen molar-refractivity contribution in [1.82, 2.24) is 24.5 Å². The molecule has 7 nitrogen and oxygen atoms in total. The number of benzene rings is 2. The zero-order chi connectivity index (χ0) is 22.6. The van der Waals surface area contributed by atoms with E-state index in [1.807, 2.05) is 61.5 Å². The molecule has 33 heavy (non-hydrogen) atoms. The summed E-state index contributed by atoms with van der Waals surface area (Å²) in [5.41, 5.74) is 6.50. The Balaban J connectivity index is 1.42. The van der Waals surface area contributed by atoms with Gasteiger partial charge in [0.2, 0.25) is 5.95 Å². The molecule has 0 amide bonds. The summed E-state index contributed by atoms with van der Waals surface area (Å²) < 4.78 is 2.05. The minimum Gasteiger partial charge on any atom is -0.354 e. The van der Waals surface area contributed by atoms with Gasteiger partial charge in [-0.2, -0.15) is 4.98 Å². The van der Waals surface area contributed by atoms with E-state index in [2.05, 4.69) is 55.5 Å². The second-order valence-electron chi connectivity index (χ2n) is 7.92. The maximum Gasteiger partial charge on any atom is 0.224 e. The van der Waals surface area contributed by atoms with Gasteiger partial charge in [-0.05, 0) is 41.8 Å². The molecular weight excluding hydrogens is 410 g/mol. The summed E-state index contributed by atoms with van der Waals surface area (Å²) in [6.45, 7) is 0.734. The number of hydrogen-bond donors (Lipinski definition) is 1. The van der Waals surface area contributed by atoms with Crippen LogP contribution >= 0.6 is 0 Å². The van der Waals surface area contributed by atoms with Crippen molar-refractivity contribution < 1.29 is 0 Å². The summed E-state index contributed by atoms with van der Waals surface area (Å²) in [5, 5.41) is 3.32. The van der Waals surface area contributed by atoms with Crippen LogP contribution in [0.25, 0.3) is 22.2 Å². The third-order valence-corrected chi connectivity index (χ3v) is 5.69. The summed E-state index contributed by atoms with van der Waals surface area (Å²) in [6.07, 6.45) is 8.16. The number of fused-ring (bicyclic) bond motifs is 1. The molecule has 0 atom stereocenters. The van der Waals surface area contributed by atoms with Crippen LogP contribution < -0.4 is 10.2 Å². The Morgan fingerprint density at radius 3 is 2.67 bits per heavy atom. The Morgan fingerprint density at radius 2 is 1.85 bits per heavy atom. The van der Waals surface area contributed by atoms with E-state index in [-0.39, 0.29) is 0 Å². The Morgan fingerprint density at radius 1 is 0.970 bits per heavy atom. The third kappa shape index (κ3) is 4.39. The van der Waals surface area contributed by atoms with E-state index < -0.39 is 0 Å². The van der Waals surface area contributed by atoms with Gasteiger partial charge in [-0.25, -0.2) is 9.97 Å². The molecule has 5 aromatic rings. The van der Waals surface area contributed by atoms with Gasteiger partial charge in [0.1, 0.15) is 5.82 Å². The van der Waals surface area contributed by atoms with Gasteiger partial charge >= 0.3 is 0 Å². The molecule has 0 bridgehead atoms. The fourth-order valence-corrected chi connectivity index (χ4v) is 3.86. The smallest absolute Gasteiger partial charge is 0.224 e. The van der Waals surface area contributed by atoms with Crippen molar-refractivity contribution in [3.05, 3.63) is 91.1 Å². The molecule has 0 aliphatic heterocycles. The molecule has 5 rings (SSSR count). The molecule has 1 N–H and O–H groups in total. The summed E-state index contributed by atoms with van der Waals surface area (Å²) in [4.78, 5) is 20.0. The van der Waals surface area contributed by atoms with Crippen LogP contribution in [0.1, 0.15) is 5.56 Å². The largest absolute Gasteiger partial charge is 0.354 e. The predicted molar refractivity (Wildman–Crippen MR) is 133 cm³/mol. The molecule has 0 radical (unpaired) electrons. The van der Waals surface area contributed by atoms with E-state index in [1.54, 1.807) is 12.4 Å². The van der Waals surface area contributed by atoms with Crippen LogP contribution in [0.5, 0.6) is 0 Å². The fourth-order valence-electron chi connectivity index (χ4n) is 3.86. The number of aromatic nitrogens is 5. The molecule has 0 aliphatic rings. The van der Waals surface area contributed by atoms with Gasteiger partial charge in [0.25, 0.3) is 0 Å². The molecular formula is C26H25N7. The first-order valence-electron chi connectivity index (χ1n) is 10.9. The Bertz CT molecular complexity index is 1360. The number of hydrogen-bond acceptors (Lipinski definition) is 6. The first-order valence-corrected chi connectivity index (χ1v) is 10.9.